The molecule has 1 aromatic carbocycles. The van der Waals surface area contributed by atoms with Crippen molar-refractivity contribution in [1.82, 2.24) is 14.9 Å². The predicted molar refractivity (Wildman–Crippen MR) is 82.9 cm³/mol. The van der Waals surface area contributed by atoms with Crippen LogP contribution in [0.5, 0.6) is 11.5 Å². The molecule has 0 bridgehead atoms. The first-order chi connectivity index (χ1) is 10.7. The molecule has 1 aromatic heterocycles. The predicted octanol–water partition coefficient (Wildman–Crippen LogP) is 1.87. The number of nitrogens with one attached hydrogen (secondary N) is 1. The lowest BCUT2D eigenvalue weighted by Crippen LogP contribution is -2.37. The molecule has 0 radical (unpaired) electrons. The van der Waals surface area contributed by atoms with Gasteiger partial charge in [0.05, 0.1) is 13.4 Å². The summed E-state index contributed by atoms with van der Waals surface area (Å²) in [5, 5.41) is 2.87. The number of carbonyl (C=O) groups is 1. The molecular formula is C16H21N3O3. The van der Waals surface area contributed by atoms with Crippen molar-refractivity contribution in [2.24, 2.45) is 0 Å². The highest BCUT2D eigenvalue weighted by Gasteiger charge is 2.13. The van der Waals surface area contributed by atoms with Crippen LogP contribution in [-0.2, 0) is 11.3 Å². The largest absolute Gasteiger partial charge is 0.497 e. The van der Waals surface area contributed by atoms with Gasteiger partial charge in [-0.25, -0.2) is 4.98 Å². The second-order valence-electron chi connectivity index (χ2n) is 4.88. The van der Waals surface area contributed by atoms with Crippen molar-refractivity contribution in [3.8, 4) is 11.5 Å². The quantitative estimate of drug-likeness (QED) is 0.756. The molecule has 118 valence electrons. The van der Waals surface area contributed by atoms with Crippen LogP contribution < -0.4 is 14.8 Å². The zero-order valence-corrected chi connectivity index (χ0v) is 12.9. The lowest BCUT2D eigenvalue weighted by molar-refractivity contribution is -0.127. The van der Waals surface area contributed by atoms with Crippen molar-refractivity contribution >= 4 is 5.91 Å². The van der Waals surface area contributed by atoms with Gasteiger partial charge < -0.3 is 19.4 Å². The molecule has 2 aromatic rings. The highest BCUT2D eigenvalue weighted by molar-refractivity contribution is 5.80. The number of ether oxygens (including phenoxy) is 2. The van der Waals surface area contributed by atoms with E-state index in [0.29, 0.717) is 12.3 Å². The van der Waals surface area contributed by atoms with Crippen LogP contribution in [0.2, 0.25) is 0 Å². The number of hydrogen-bond acceptors (Lipinski definition) is 4. The van der Waals surface area contributed by atoms with Crippen molar-refractivity contribution in [2.45, 2.75) is 26.0 Å². The Labute approximate surface area is 130 Å². The Kier molecular flexibility index (Phi) is 5.82. The van der Waals surface area contributed by atoms with Crippen LogP contribution in [-0.4, -0.2) is 35.2 Å². The Balaban J connectivity index is 1.69. The molecule has 0 fully saturated rings. The minimum absolute atomic E-state index is 0.124. The van der Waals surface area contributed by atoms with E-state index < -0.39 is 6.10 Å². The van der Waals surface area contributed by atoms with E-state index in [1.165, 1.54) is 0 Å². The van der Waals surface area contributed by atoms with Crippen molar-refractivity contribution in [3.05, 3.63) is 43.0 Å². The number of aromatic nitrogens is 2. The van der Waals surface area contributed by atoms with Crippen LogP contribution >= 0.6 is 0 Å². The third-order valence-corrected chi connectivity index (χ3v) is 3.19. The summed E-state index contributed by atoms with van der Waals surface area (Å²) in [6.07, 6.45) is 5.71. The van der Waals surface area contributed by atoms with E-state index in [4.69, 9.17) is 9.47 Å². The summed E-state index contributed by atoms with van der Waals surface area (Å²) >= 11 is 0. The third kappa shape index (κ3) is 4.80. The number of carbonyl (C=O) groups excluding carboxylic acids is 1. The maximum Gasteiger partial charge on any atom is 0.260 e. The number of benzene rings is 1. The van der Waals surface area contributed by atoms with Crippen molar-refractivity contribution in [2.75, 3.05) is 13.7 Å². The molecular weight excluding hydrogens is 282 g/mol. The van der Waals surface area contributed by atoms with Gasteiger partial charge in [-0.2, -0.15) is 0 Å². The second kappa shape index (κ2) is 8.07. The van der Waals surface area contributed by atoms with Gasteiger partial charge in [0.25, 0.3) is 5.91 Å². The second-order valence-corrected chi connectivity index (χ2v) is 4.88. The highest BCUT2D eigenvalue weighted by Crippen LogP contribution is 2.18. The molecule has 0 spiro atoms. The third-order valence-electron chi connectivity index (χ3n) is 3.19. The number of rotatable bonds is 8. The molecule has 1 amide bonds. The van der Waals surface area contributed by atoms with E-state index in [-0.39, 0.29) is 5.91 Å². The Morgan fingerprint density at radius 2 is 2.05 bits per heavy atom. The topological polar surface area (TPSA) is 65.4 Å². The minimum Gasteiger partial charge on any atom is -0.497 e. The van der Waals surface area contributed by atoms with Crippen LogP contribution in [0.4, 0.5) is 0 Å². The van der Waals surface area contributed by atoms with Gasteiger partial charge in [0.15, 0.2) is 6.10 Å². The minimum atomic E-state index is -0.540. The normalized spacial score (nSPS) is 11.7. The average Bonchev–Trinajstić information content (AvgIpc) is 3.05. The molecule has 6 heteroatoms. The Bertz CT molecular complexity index is 567. The number of methoxy groups -OCH3 is 1. The van der Waals surface area contributed by atoms with Gasteiger partial charge in [0.2, 0.25) is 0 Å². The first-order valence-corrected chi connectivity index (χ1v) is 7.23. The Hall–Kier alpha value is -2.50. The molecule has 1 N–H and O–H groups in total. The fourth-order valence-corrected chi connectivity index (χ4v) is 1.95. The van der Waals surface area contributed by atoms with E-state index in [1.807, 2.05) is 10.8 Å². The monoisotopic (exact) mass is 303 g/mol. The van der Waals surface area contributed by atoms with E-state index in [0.717, 1.165) is 18.7 Å². The van der Waals surface area contributed by atoms with Gasteiger partial charge in [0, 0.05) is 25.5 Å². The van der Waals surface area contributed by atoms with E-state index >= 15 is 0 Å². The van der Waals surface area contributed by atoms with Gasteiger partial charge in [-0.3, -0.25) is 4.79 Å². The van der Waals surface area contributed by atoms with E-state index in [1.54, 1.807) is 50.8 Å². The molecule has 0 aliphatic carbocycles. The van der Waals surface area contributed by atoms with Gasteiger partial charge in [-0.1, -0.05) is 0 Å². The first kappa shape index (κ1) is 15.9. The van der Waals surface area contributed by atoms with Gasteiger partial charge in [-0.15, -0.1) is 0 Å². The zero-order chi connectivity index (χ0) is 15.8. The fraction of sp³-hybridized carbons (Fsp3) is 0.375. The zero-order valence-electron chi connectivity index (χ0n) is 12.9. The van der Waals surface area contributed by atoms with Crippen LogP contribution in [0, 0.1) is 0 Å². The standard InChI is InChI=1S/C16H21N3O3/c1-13(22-15-6-4-14(21-2)5-7-15)16(20)18-8-3-10-19-11-9-17-12-19/h4-7,9,11-13H,3,8,10H2,1-2H3,(H,18,20)/t13-/m1/s1. The Morgan fingerprint density at radius 3 is 2.68 bits per heavy atom. The number of amides is 1. The summed E-state index contributed by atoms with van der Waals surface area (Å²) in [6, 6.07) is 7.15. The van der Waals surface area contributed by atoms with Crippen LogP contribution in [0.15, 0.2) is 43.0 Å². The molecule has 0 aliphatic heterocycles. The fourth-order valence-electron chi connectivity index (χ4n) is 1.95. The smallest absolute Gasteiger partial charge is 0.260 e. The molecule has 0 unspecified atom stereocenters. The summed E-state index contributed by atoms with van der Waals surface area (Å²) in [5.41, 5.74) is 0. The van der Waals surface area contributed by atoms with E-state index in [2.05, 4.69) is 10.3 Å². The maximum atomic E-state index is 12.0. The van der Waals surface area contributed by atoms with E-state index in [9.17, 15) is 4.79 Å². The molecule has 22 heavy (non-hydrogen) atoms. The first-order valence-electron chi connectivity index (χ1n) is 7.23. The average molecular weight is 303 g/mol. The Morgan fingerprint density at radius 1 is 1.32 bits per heavy atom. The van der Waals surface area contributed by atoms with Crippen molar-refractivity contribution in [3.63, 3.8) is 0 Å². The summed E-state index contributed by atoms with van der Waals surface area (Å²) < 4.78 is 12.6. The summed E-state index contributed by atoms with van der Waals surface area (Å²) in [7, 11) is 1.61. The number of aryl methyl sites for hydroxylation is 1. The number of hydrogen-bond donors (Lipinski definition) is 1. The molecule has 6 nitrogen and oxygen atoms in total. The summed E-state index contributed by atoms with van der Waals surface area (Å²) in [6.45, 7) is 3.16. The summed E-state index contributed by atoms with van der Waals surface area (Å²) in [4.78, 5) is 15.9. The van der Waals surface area contributed by atoms with Gasteiger partial charge in [0.1, 0.15) is 11.5 Å². The van der Waals surface area contributed by atoms with Gasteiger partial charge in [-0.05, 0) is 37.6 Å². The lowest BCUT2D eigenvalue weighted by Gasteiger charge is -2.15. The van der Waals surface area contributed by atoms with Crippen LogP contribution in [0.25, 0.3) is 0 Å². The maximum absolute atomic E-state index is 12.0. The van der Waals surface area contributed by atoms with Crippen molar-refractivity contribution in [1.29, 1.82) is 0 Å². The number of nitrogens with zero attached hydrogens (tertiary/aromatic N) is 2. The van der Waals surface area contributed by atoms with Crippen LogP contribution in [0.1, 0.15) is 13.3 Å². The number of imidazole rings is 1. The highest BCUT2D eigenvalue weighted by atomic mass is 16.5. The molecule has 0 saturated carbocycles. The molecule has 2 rings (SSSR count). The molecule has 0 aliphatic rings. The summed E-state index contributed by atoms with van der Waals surface area (Å²) in [5.74, 6) is 1.27. The SMILES string of the molecule is COc1ccc(O[C@H](C)C(=O)NCCCn2ccnc2)cc1. The lowest BCUT2D eigenvalue weighted by atomic mass is 10.3. The van der Waals surface area contributed by atoms with Crippen molar-refractivity contribution < 1.29 is 14.3 Å². The van der Waals surface area contributed by atoms with Crippen LogP contribution in [0.3, 0.4) is 0 Å². The molecule has 0 saturated heterocycles. The molecule has 1 heterocycles. The molecule has 1 atom stereocenters. The van der Waals surface area contributed by atoms with Gasteiger partial charge >= 0.3 is 0 Å².